The molecule has 0 amide bonds. The van der Waals surface area contributed by atoms with Gasteiger partial charge in [-0.05, 0) is 12.1 Å². The molecule has 15 heavy (non-hydrogen) atoms. The van der Waals surface area contributed by atoms with E-state index >= 15 is 0 Å². The van der Waals surface area contributed by atoms with Gasteiger partial charge < -0.3 is 4.18 Å². The average molecular weight is 248 g/mol. The van der Waals surface area contributed by atoms with Crippen LogP contribution in [-0.4, -0.2) is 10.2 Å². The first-order valence-corrected chi connectivity index (χ1v) is 5.46. The molecule has 0 unspecified atom stereocenters. The van der Waals surface area contributed by atoms with Gasteiger partial charge in [0, 0.05) is 16.3 Å². The first-order valence-electron chi connectivity index (χ1n) is 4.28. The molecule has 4 nitrogen and oxygen atoms in total. The highest BCUT2D eigenvalue weighted by atomic mass is 35.5. The van der Waals surface area contributed by atoms with Crippen molar-refractivity contribution in [1.29, 1.82) is 0 Å². The van der Waals surface area contributed by atoms with Gasteiger partial charge in [-0.3, -0.25) is 10.1 Å². The number of benzene rings is 1. The summed E-state index contributed by atoms with van der Waals surface area (Å²) in [5, 5.41) is 11.2. The molecular weight excluding hydrogens is 238 g/mol. The number of hydrogen-bond donors (Lipinski definition) is 0. The normalized spacial score (nSPS) is 10.4. The van der Waals surface area contributed by atoms with Crippen LogP contribution in [-0.2, 0) is 0 Å². The predicted molar refractivity (Wildman–Crippen MR) is 61.5 cm³/mol. The summed E-state index contributed by atoms with van der Waals surface area (Å²) in [7, 11) is 0. The first-order chi connectivity index (χ1) is 7.00. The van der Waals surface area contributed by atoms with Gasteiger partial charge in [0.1, 0.15) is 0 Å². The lowest BCUT2D eigenvalue weighted by Gasteiger charge is -2.06. The van der Waals surface area contributed by atoms with Crippen molar-refractivity contribution >= 4 is 29.3 Å². The van der Waals surface area contributed by atoms with Crippen molar-refractivity contribution < 1.29 is 9.11 Å². The van der Waals surface area contributed by atoms with Crippen LogP contribution in [0.25, 0.3) is 0 Å². The molecule has 0 atom stereocenters. The van der Waals surface area contributed by atoms with Crippen molar-refractivity contribution in [2.24, 2.45) is 0 Å². The van der Waals surface area contributed by atoms with Gasteiger partial charge >= 0.3 is 5.69 Å². The zero-order valence-corrected chi connectivity index (χ0v) is 9.84. The van der Waals surface area contributed by atoms with Crippen molar-refractivity contribution in [2.75, 3.05) is 0 Å². The monoisotopic (exact) mass is 247 g/mol. The maximum atomic E-state index is 10.7. The first kappa shape index (κ1) is 12.1. The third-order valence-electron chi connectivity index (χ3n) is 1.45. The summed E-state index contributed by atoms with van der Waals surface area (Å²) in [6, 6.07) is 4.33. The Hall–Kier alpha value is -0.940. The fourth-order valence-corrected chi connectivity index (χ4v) is 1.46. The summed E-state index contributed by atoms with van der Waals surface area (Å²) in [5.41, 5.74) is -0.115. The quantitative estimate of drug-likeness (QED) is 0.463. The van der Waals surface area contributed by atoms with Crippen molar-refractivity contribution in [3.8, 4) is 5.75 Å². The minimum Gasteiger partial charge on any atom is -0.418 e. The average Bonchev–Trinajstić information content (AvgIpc) is 2.15. The standard InChI is InChI=1S/C9H10ClNO3S/c1-6(2)15-14-9-4-3-7(10)5-8(9)11(12)13/h3-6H,1-2H3. The van der Waals surface area contributed by atoms with Gasteiger partial charge in [-0.2, -0.15) is 0 Å². The molecule has 6 heteroatoms. The highest BCUT2D eigenvalue weighted by molar-refractivity contribution is 7.95. The number of nitro groups is 1. The molecule has 0 saturated carbocycles. The zero-order chi connectivity index (χ0) is 11.4. The second kappa shape index (κ2) is 5.23. The second-order valence-corrected chi connectivity index (χ2v) is 4.84. The van der Waals surface area contributed by atoms with Crippen LogP contribution in [0, 0.1) is 10.1 Å². The van der Waals surface area contributed by atoms with Crippen LogP contribution in [0.1, 0.15) is 13.8 Å². The summed E-state index contributed by atoms with van der Waals surface area (Å²) < 4.78 is 5.23. The van der Waals surface area contributed by atoms with Crippen LogP contribution in [0.2, 0.25) is 5.02 Å². The molecule has 0 fully saturated rings. The summed E-state index contributed by atoms with van der Waals surface area (Å²) in [6.45, 7) is 3.87. The van der Waals surface area contributed by atoms with Crippen LogP contribution >= 0.6 is 23.6 Å². The molecule has 1 aromatic carbocycles. The second-order valence-electron chi connectivity index (χ2n) is 3.10. The third-order valence-corrected chi connectivity index (χ3v) is 2.34. The Morgan fingerprint density at radius 3 is 2.73 bits per heavy atom. The molecule has 0 bridgehead atoms. The summed E-state index contributed by atoms with van der Waals surface area (Å²) >= 11 is 6.83. The van der Waals surface area contributed by atoms with Crippen LogP contribution in [0.15, 0.2) is 18.2 Å². The minimum absolute atomic E-state index is 0.115. The number of halogens is 1. The summed E-state index contributed by atoms with van der Waals surface area (Å²) in [5.74, 6) is 0.225. The summed E-state index contributed by atoms with van der Waals surface area (Å²) in [6.07, 6.45) is 0. The third kappa shape index (κ3) is 3.60. The molecule has 0 aliphatic rings. The Balaban J connectivity index is 2.91. The van der Waals surface area contributed by atoms with Gasteiger partial charge in [0.15, 0.2) is 0 Å². The highest BCUT2D eigenvalue weighted by Gasteiger charge is 2.16. The Morgan fingerprint density at radius 2 is 2.20 bits per heavy atom. The van der Waals surface area contributed by atoms with Gasteiger partial charge in [-0.25, -0.2) is 0 Å². The maximum absolute atomic E-state index is 10.7. The predicted octanol–water partition coefficient (Wildman–Crippen LogP) is 3.68. The number of rotatable bonds is 4. The molecule has 0 N–H and O–H groups in total. The Labute approximate surface area is 96.9 Å². The molecule has 82 valence electrons. The van der Waals surface area contributed by atoms with Crippen molar-refractivity contribution in [3.63, 3.8) is 0 Å². The molecule has 0 heterocycles. The van der Waals surface area contributed by atoms with E-state index in [1.54, 1.807) is 6.07 Å². The fourth-order valence-electron chi connectivity index (χ4n) is 0.852. The number of nitrogens with zero attached hydrogens (tertiary/aromatic N) is 1. The molecule has 0 aromatic heterocycles. The van der Waals surface area contributed by atoms with E-state index in [-0.39, 0.29) is 16.7 Å². The van der Waals surface area contributed by atoms with E-state index in [0.29, 0.717) is 5.02 Å². The number of nitro benzene ring substituents is 1. The van der Waals surface area contributed by atoms with E-state index in [1.807, 2.05) is 13.8 Å². The molecule has 1 rings (SSSR count). The lowest BCUT2D eigenvalue weighted by molar-refractivity contribution is -0.385. The highest BCUT2D eigenvalue weighted by Crippen LogP contribution is 2.32. The Bertz CT molecular complexity index is 370. The Morgan fingerprint density at radius 1 is 1.53 bits per heavy atom. The van der Waals surface area contributed by atoms with Gasteiger partial charge in [-0.15, -0.1) is 0 Å². The molecule has 1 aromatic rings. The van der Waals surface area contributed by atoms with Crippen LogP contribution in [0.4, 0.5) is 5.69 Å². The topological polar surface area (TPSA) is 52.4 Å². The lowest BCUT2D eigenvalue weighted by atomic mass is 10.3. The van der Waals surface area contributed by atoms with Gasteiger partial charge in [0.25, 0.3) is 0 Å². The zero-order valence-electron chi connectivity index (χ0n) is 8.27. The van der Waals surface area contributed by atoms with E-state index in [1.165, 1.54) is 24.2 Å². The summed E-state index contributed by atoms with van der Waals surface area (Å²) in [4.78, 5) is 10.2. The van der Waals surface area contributed by atoms with E-state index in [0.717, 1.165) is 0 Å². The fraction of sp³-hybridized carbons (Fsp3) is 0.333. The molecule has 0 radical (unpaired) electrons. The molecule has 0 saturated heterocycles. The molecule has 0 aliphatic carbocycles. The van der Waals surface area contributed by atoms with Crippen LogP contribution in [0.5, 0.6) is 5.75 Å². The van der Waals surface area contributed by atoms with Crippen LogP contribution < -0.4 is 4.18 Å². The van der Waals surface area contributed by atoms with Crippen molar-refractivity contribution in [2.45, 2.75) is 19.1 Å². The largest absolute Gasteiger partial charge is 0.418 e. The molecule has 0 aliphatic heterocycles. The number of hydrogen-bond acceptors (Lipinski definition) is 4. The smallest absolute Gasteiger partial charge is 0.313 e. The molecular formula is C9H10ClNO3S. The van der Waals surface area contributed by atoms with E-state index in [2.05, 4.69) is 0 Å². The van der Waals surface area contributed by atoms with Crippen LogP contribution in [0.3, 0.4) is 0 Å². The van der Waals surface area contributed by atoms with Crippen molar-refractivity contribution in [1.82, 2.24) is 0 Å². The van der Waals surface area contributed by atoms with E-state index in [4.69, 9.17) is 15.8 Å². The Kier molecular flexibility index (Phi) is 4.23. The van der Waals surface area contributed by atoms with Gasteiger partial charge in [0.05, 0.1) is 17.0 Å². The lowest BCUT2D eigenvalue weighted by Crippen LogP contribution is -1.95. The maximum Gasteiger partial charge on any atom is 0.313 e. The minimum atomic E-state index is -0.512. The van der Waals surface area contributed by atoms with Gasteiger partial charge in [0.2, 0.25) is 5.75 Å². The van der Waals surface area contributed by atoms with Gasteiger partial charge in [-0.1, -0.05) is 25.4 Å². The SMILES string of the molecule is CC(C)SOc1ccc(Cl)cc1[N+](=O)[O-]. The van der Waals surface area contributed by atoms with E-state index < -0.39 is 4.92 Å². The van der Waals surface area contributed by atoms with E-state index in [9.17, 15) is 10.1 Å². The van der Waals surface area contributed by atoms with Crippen molar-refractivity contribution in [3.05, 3.63) is 33.3 Å². The molecule has 0 spiro atoms.